The number of rotatable bonds is 3. The molecule has 0 saturated heterocycles. The van der Waals surface area contributed by atoms with Crippen molar-refractivity contribution < 1.29 is 9.49 Å². The summed E-state index contributed by atoms with van der Waals surface area (Å²) < 4.78 is 3.15. The van der Waals surface area contributed by atoms with Crippen molar-refractivity contribution in [1.29, 1.82) is 0 Å². The van der Waals surface area contributed by atoms with E-state index in [0.717, 1.165) is 11.8 Å². The number of nitro groups is 1. The fourth-order valence-electron chi connectivity index (χ4n) is 2.12. The maximum atomic E-state index is 12.1. The molecule has 2 heterocycles. The van der Waals surface area contributed by atoms with Crippen LogP contribution in [-0.2, 0) is 6.54 Å². The number of H-pyrrole nitrogens is 1. The molecule has 20 heavy (non-hydrogen) atoms. The Bertz CT molecular complexity index is 836. The predicted molar refractivity (Wildman–Crippen MR) is 70.4 cm³/mol. The highest BCUT2D eigenvalue weighted by atomic mass is 16.6. The van der Waals surface area contributed by atoms with Gasteiger partial charge >= 0.3 is 16.8 Å². The molecule has 0 atom stereocenters. The maximum Gasteiger partial charge on any atom is 0.361 e. The van der Waals surface area contributed by atoms with E-state index in [2.05, 4.69) is 5.10 Å². The summed E-state index contributed by atoms with van der Waals surface area (Å²) in [5.41, 5.74) is 0.187. The average molecular weight is 271 g/mol. The second-order valence-electron chi connectivity index (χ2n) is 4.35. The summed E-state index contributed by atoms with van der Waals surface area (Å²) >= 11 is 0. The molecule has 100 valence electrons. The van der Waals surface area contributed by atoms with Crippen LogP contribution in [0.1, 0.15) is 5.56 Å². The van der Waals surface area contributed by atoms with Gasteiger partial charge in [0.15, 0.2) is 6.20 Å². The largest absolute Gasteiger partial charge is 0.361 e. The van der Waals surface area contributed by atoms with Crippen molar-refractivity contribution in [3.63, 3.8) is 0 Å². The van der Waals surface area contributed by atoms with E-state index in [9.17, 15) is 14.9 Å². The number of nitrogens with one attached hydrogen (secondary N) is 1. The van der Waals surface area contributed by atoms with Gasteiger partial charge in [0, 0.05) is 0 Å². The summed E-state index contributed by atoms with van der Waals surface area (Å²) in [7, 11) is 0. The first kappa shape index (κ1) is 12.1. The molecule has 3 rings (SSSR count). The molecule has 0 unspecified atom stereocenters. The molecule has 7 nitrogen and oxygen atoms in total. The van der Waals surface area contributed by atoms with Gasteiger partial charge in [-0.15, -0.1) is 4.52 Å². The first-order valence-electron chi connectivity index (χ1n) is 5.97. The highest BCUT2D eigenvalue weighted by Crippen LogP contribution is 2.04. The first-order valence-corrected chi connectivity index (χ1v) is 5.97. The minimum atomic E-state index is -0.682. The minimum absolute atomic E-state index is 0.239. The normalized spacial score (nSPS) is 10.8. The summed E-state index contributed by atoms with van der Waals surface area (Å²) in [6.45, 7) is 0.474. The summed E-state index contributed by atoms with van der Waals surface area (Å²) in [6, 6.07) is 9.58. The smallest absolute Gasteiger partial charge is 0.273 e. The van der Waals surface area contributed by atoms with Crippen LogP contribution in [0.25, 0.3) is 5.65 Å². The Morgan fingerprint density at radius 2 is 2.05 bits per heavy atom. The minimum Gasteiger partial charge on any atom is -0.273 e. The highest BCUT2D eigenvalue weighted by Gasteiger charge is 2.23. The lowest BCUT2D eigenvalue weighted by Crippen LogP contribution is -2.37. The molecule has 0 aliphatic heterocycles. The van der Waals surface area contributed by atoms with Crippen molar-refractivity contribution in [2.75, 3.05) is 0 Å². The van der Waals surface area contributed by atoms with Gasteiger partial charge in [-0.05, 0) is 5.56 Å². The Morgan fingerprint density at radius 1 is 1.30 bits per heavy atom. The van der Waals surface area contributed by atoms with Crippen LogP contribution in [-0.4, -0.2) is 14.5 Å². The molecule has 0 spiro atoms. The van der Waals surface area contributed by atoms with Crippen LogP contribution in [0.3, 0.4) is 0 Å². The first-order chi connectivity index (χ1) is 9.66. The van der Waals surface area contributed by atoms with Crippen molar-refractivity contribution in [1.82, 2.24) is 9.61 Å². The predicted octanol–water partition coefficient (Wildman–Crippen LogP) is 0.872. The van der Waals surface area contributed by atoms with E-state index in [-0.39, 0.29) is 5.65 Å². The number of benzene rings is 1. The van der Waals surface area contributed by atoms with E-state index >= 15 is 0 Å². The van der Waals surface area contributed by atoms with Crippen molar-refractivity contribution in [3.8, 4) is 0 Å². The number of hydrogen-bond acceptors (Lipinski definition) is 3. The molecule has 0 aliphatic rings. The zero-order chi connectivity index (χ0) is 14.1. The van der Waals surface area contributed by atoms with E-state index in [1.54, 1.807) is 17.0 Å². The van der Waals surface area contributed by atoms with Crippen LogP contribution in [0.2, 0.25) is 0 Å². The molecule has 1 aromatic carbocycles. The molecule has 0 fully saturated rings. The molecule has 0 radical (unpaired) electrons. The van der Waals surface area contributed by atoms with Crippen LogP contribution < -0.4 is 10.00 Å². The standard InChI is InChI=1S/C13H10N4O3/c18-12-11(17(19)20)8-14-16-7-6-15(13(12)16)9-10-4-2-1-3-5-10/h1-8H,9H2/p+1. The van der Waals surface area contributed by atoms with Gasteiger partial charge in [0.1, 0.15) is 18.9 Å². The quantitative estimate of drug-likeness (QED) is 0.436. The zero-order valence-corrected chi connectivity index (χ0v) is 10.4. The van der Waals surface area contributed by atoms with Gasteiger partial charge in [-0.2, -0.15) is 0 Å². The topological polar surface area (TPSA) is 84.3 Å². The fourth-order valence-corrected chi connectivity index (χ4v) is 2.12. The molecular formula is C13H11N4O3+. The molecule has 0 saturated carbocycles. The Balaban J connectivity index is 2.15. The van der Waals surface area contributed by atoms with Gasteiger partial charge < -0.3 is 0 Å². The van der Waals surface area contributed by atoms with Crippen molar-refractivity contribution in [3.05, 3.63) is 74.8 Å². The van der Waals surface area contributed by atoms with Crippen LogP contribution in [0.15, 0.2) is 53.7 Å². The molecule has 0 aliphatic carbocycles. The number of aromatic nitrogens is 3. The van der Waals surface area contributed by atoms with Crippen LogP contribution >= 0.6 is 0 Å². The maximum absolute atomic E-state index is 12.1. The van der Waals surface area contributed by atoms with Crippen molar-refractivity contribution in [2.45, 2.75) is 6.54 Å². The van der Waals surface area contributed by atoms with Crippen molar-refractivity contribution in [2.24, 2.45) is 0 Å². The Morgan fingerprint density at radius 3 is 2.75 bits per heavy atom. The lowest BCUT2D eigenvalue weighted by molar-refractivity contribution is -0.662. The van der Waals surface area contributed by atoms with Gasteiger partial charge in [0.25, 0.3) is 0 Å². The number of imidazole rings is 1. The number of fused-ring (bicyclic) bond motifs is 1. The van der Waals surface area contributed by atoms with Gasteiger partial charge in [-0.25, -0.2) is 9.67 Å². The van der Waals surface area contributed by atoms with Crippen LogP contribution in [0.4, 0.5) is 5.69 Å². The molecule has 7 heteroatoms. The Hall–Kier alpha value is -2.96. The zero-order valence-electron chi connectivity index (χ0n) is 10.4. The fraction of sp³-hybridized carbons (Fsp3) is 0.0769. The average Bonchev–Trinajstić information content (AvgIpc) is 2.84. The third-order valence-electron chi connectivity index (χ3n) is 3.06. The molecule has 0 bridgehead atoms. The second kappa shape index (κ2) is 4.61. The van der Waals surface area contributed by atoms with Crippen LogP contribution in [0, 0.1) is 10.1 Å². The van der Waals surface area contributed by atoms with E-state index in [0.29, 0.717) is 6.54 Å². The summed E-state index contributed by atoms with van der Waals surface area (Å²) in [5.74, 6) is 0. The third kappa shape index (κ3) is 1.95. The van der Waals surface area contributed by atoms with Gasteiger partial charge in [0.05, 0.1) is 4.92 Å². The van der Waals surface area contributed by atoms with E-state index in [1.165, 1.54) is 4.52 Å². The molecule has 1 N–H and O–H groups in total. The number of nitrogens with zero attached hydrogens (tertiary/aromatic N) is 3. The lowest BCUT2D eigenvalue weighted by Gasteiger charge is -1.98. The SMILES string of the molecule is O=c1c([N+](=O)[O-])c[nH]n2cc[n+](Cc3ccccc3)c12. The highest BCUT2D eigenvalue weighted by molar-refractivity contribution is 5.41. The lowest BCUT2D eigenvalue weighted by atomic mass is 10.2. The molecular weight excluding hydrogens is 260 g/mol. The van der Waals surface area contributed by atoms with E-state index < -0.39 is 16.0 Å². The summed E-state index contributed by atoms with van der Waals surface area (Å²) in [6.07, 6.45) is 4.47. The Kier molecular flexibility index (Phi) is 2.79. The third-order valence-corrected chi connectivity index (χ3v) is 3.06. The van der Waals surface area contributed by atoms with Gasteiger partial charge in [0.2, 0.25) is 0 Å². The second-order valence-corrected chi connectivity index (χ2v) is 4.35. The van der Waals surface area contributed by atoms with Gasteiger partial charge in [-0.1, -0.05) is 30.3 Å². The number of hydrogen-bond donors (Lipinski definition) is 1. The summed E-state index contributed by atoms with van der Waals surface area (Å²) in [5, 5.41) is 13.5. The number of aromatic amines is 1. The van der Waals surface area contributed by atoms with Gasteiger partial charge in [-0.3, -0.25) is 14.9 Å². The Labute approximate surface area is 112 Å². The molecule has 0 amide bonds. The van der Waals surface area contributed by atoms with Crippen LogP contribution in [0.5, 0.6) is 0 Å². The van der Waals surface area contributed by atoms with Crippen molar-refractivity contribution >= 4 is 11.3 Å². The summed E-state index contributed by atoms with van der Waals surface area (Å²) in [4.78, 5) is 22.3. The molecule has 3 aromatic rings. The molecule has 2 aromatic heterocycles. The monoisotopic (exact) mass is 271 g/mol. The van der Waals surface area contributed by atoms with E-state index in [1.807, 2.05) is 30.3 Å². The van der Waals surface area contributed by atoms with E-state index in [4.69, 9.17) is 0 Å².